The second kappa shape index (κ2) is 11.0. The summed E-state index contributed by atoms with van der Waals surface area (Å²) >= 11 is 0. The van der Waals surface area contributed by atoms with Crippen molar-refractivity contribution in [2.75, 3.05) is 26.8 Å². The van der Waals surface area contributed by atoms with E-state index >= 15 is 0 Å². The fourth-order valence-corrected chi connectivity index (χ4v) is 2.01. The molecule has 0 unspecified atom stereocenters. The Morgan fingerprint density at radius 2 is 2.00 bits per heavy atom. The van der Waals surface area contributed by atoms with Crippen molar-refractivity contribution in [1.29, 1.82) is 0 Å². The highest BCUT2D eigenvalue weighted by Gasteiger charge is 2.07. The molecule has 0 bridgehead atoms. The van der Waals surface area contributed by atoms with Crippen LogP contribution in [0.15, 0.2) is 39.9 Å². The van der Waals surface area contributed by atoms with Gasteiger partial charge in [0.05, 0.1) is 19.3 Å². The summed E-state index contributed by atoms with van der Waals surface area (Å²) < 4.78 is 11.0. The van der Waals surface area contributed by atoms with Crippen molar-refractivity contribution in [3.63, 3.8) is 0 Å². The summed E-state index contributed by atoms with van der Waals surface area (Å²) in [4.78, 5) is 8.44. The number of hydrogen-bond acceptors (Lipinski definition) is 4. The van der Waals surface area contributed by atoms with Gasteiger partial charge in [-0.2, -0.15) is 0 Å². The first-order valence-corrected chi connectivity index (χ1v) is 7.77. The van der Waals surface area contributed by atoms with E-state index in [-0.39, 0.29) is 24.0 Å². The van der Waals surface area contributed by atoms with Crippen molar-refractivity contribution in [3.8, 4) is 11.3 Å². The number of guanidine groups is 1. The van der Waals surface area contributed by atoms with Crippen molar-refractivity contribution in [2.45, 2.75) is 20.4 Å². The number of hydrogen-bond donors (Lipinski definition) is 2. The molecule has 0 spiro atoms. The molecule has 2 aromatic rings. The molecule has 0 aliphatic carbocycles. The third-order valence-corrected chi connectivity index (χ3v) is 3.26. The Bertz CT molecular complexity index is 626. The third-order valence-electron chi connectivity index (χ3n) is 3.26. The average molecular weight is 444 g/mol. The number of aryl methyl sites for hydroxylation is 1. The third kappa shape index (κ3) is 6.48. The van der Waals surface area contributed by atoms with E-state index in [1.807, 2.05) is 19.1 Å². The summed E-state index contributed by atoms with van der Waals surface area (Å²) in [5, 5.41) is 6.33. The quantitative estimate of drug-likeness (QED) is 0.298. The molecule has 1 aromatic heterocycles. The zero-order valence-electron chi connectivity index (χ0n) is 14.3. The Morgan fingerprint density at radius 3 is 2.67 bits per heavy atom. The lowest BCUT2D eigenvalue weighted by Crippen LogP contribution is -2.38. The molecule has 0 saturated heterocycles. The lowest BCUT2D eigenvalue weighted by atomic mass is 10.1. The largest absolute Gasteiger partial charge is 0.439 e. The molecule has 0 amide bonds. The molecule has 0 saturated carbocycles. The van der Waals surface area contributed by atoms with Gasteiger partial charge >= 0.3 is 0 Å². The minimum Gasteiger partial charge on any atom is -0.439 e. The van der Waals surface area contributed by atoms with E-state index in [1.54, 1.807) is 13.2 Å². The Hall–Kier alpha value is -1.61. The predicted molar refractivity (Wildman–Crippen MR) is 107 cm³/mol. The lowest BCUT2D eigenvalue weighted by molar-refractivity contribution is 0.152. The van der Waals surface area contributed by atoms with Crippen LogP contribution < -0.4 is 10.6 Å². The molecule has 0 fully saturated rings. The number of halogens is 1. The van der Waals surface area contributed by atoms with Gasteiger partial charge < -0.3 is 19.8 Å². The lowest BCUT2D eigenvalue weighted by Gasteiger charge is -2.10. The molecule has 0 aliphatic rings. The van der Waals surface area contributed by atoms with Crippen LogP contribution in [-0.4, -0.2) is 37.7 Å². The molecule has 0 radical (unpaired) electrons. The number of ether oxygens (including phenoxy) is 1. The summed E-state index contributed by atoms with van der Waals surface area (Å²) in [6.45, 7) is 6.57. The molecular weight excluding hydrogens is 419 g/mol. The second-order valence-corrected chi connectivity index (χ2v) is 5.03. The molecule has 6 nitrogen and oxygen atoms in total. The normalized spacial score (nSPS) is 11.0. The Labute approximate surface area is 160 Å². The first-order chi connectivity index (χ1) is 11.2. The first-order valence-electron chi connectivity index (χ1n) is 7.77. The van der Waals surface area contributed by atoms with Crippen LogP contribution in [0.25, 0.3) is 11.3 Å². The highest BCUT2D eigenvalue weighted by Crippen LogP contribution is 2.20. The van der Waals surface area contributed by atoms with Crippen LogP contribution in [0, 0.1) is 6.92 Å². The predicted octanol–water partition coefficient (Wildman–Crippen LogP) is 2.97. The zero-order chi connectivity index (χ0) is 16.5. The maximum absolute atomic E-state index is 5.77. The van der Waals surface area contributed by atoms with Crippen molar-refractivity contribution in [1.82, 2.24) is 15.6 Å². The van der Waals surface area contributed by atoms with E-state index in [4.69, 9.17) is 9.15 Å². The van der Waals surface area contributed by atoms with Crippen molar-refractivity contribution >= 4 is 29.9 Å². The molecule has 132 valence electrons. The van der Waals surface area contributed by atoms with Crippen molar-refractivity contribution in [3.05, 3.63) is 41.9 Å². The molecular formula is C17H25IN4O2. The molecule has 1 heterocycles. The smallest absolute Gasteiger partial charge is 0.214 e. The summed E-state index contributed by atoms with van der Waals surface area (Å²) in [6.07, 6.45) is 1.74. The number of aliphatic imine (C=N–C) groups is 1. The number of nitrogens with one attached hydrogen (secondary N) is 2. The Kier molecular flexibility index (Phi) is 9.39. The van der Waals surface area contributed by atoms with Gasteiger partial charge in [-0.1, -0.05) is 29.8 Å². The Balaban J connectivity index is 0.00000288. The van der Waals surface area contributed by atoms with Gasteiger partial charge in [-0.25, -0.2) is 4.98 Å². The number of aromatic nitrogens is 1. The topological polar surface area (TPSA) is 71.7 Å². The van der Waals surface area contributed by atoms with Crippen LogP contribution in [0.4, 0.5) is 0 Å². The summed E-state index contributed by atoms with van der Waals surface area (Å²) in [5.41, 5.74) is 2.24. The van der Waals surface area contributed by atoms with Gasteiger partial charge in [0.15, 0.2) is 11.7 Å². The number of nitrogens with zero attached hydrogens (tertiary/aromatic N) is 2. The van der Waals surface area contributed by atoms with Gasteiger partial charge in [0.25, 0.3) is 0 Å². The van der Waals surface area contributed by atoms with Gasteiger partial charge in [-0.3, -0.25) is 4.99 Å². The van der Waals surface area contributed by atoms with Crippen LogP contribution in [0.5, 0.6) is 0 Å². The maximum atomic E-state index is 5.77. The standard InChI is InChI=1S/C17H24N4O2.HI/c1-4-22-10-9-19-17(18-3)21-12-16-20-11-15(23-16)14-7-5-13(2)6-8-14;/h5-8,11H,4,9-10,12H2,1-3H3,(H2,18,19,21);1H. The van der Waals surface area contributed by atoms with E-state index in [0.717, 1.165) is 11.3 Å². The SMILES string of the molecule is CCOCCNC(=NC)NCc1ncc(-c2ccc(C)cc2)o1.I. The number of oxazole rings is 1. The molecule has 0 atom stereocenters. The van der Waals surface area contributed by atoms with Crippen LogP contribution in [0.2, 0.25) is 0 Å². The average Bonchev–Trinajstić information content (AvgIpc) is 3.04. The monoisotopic (exact) mass is 444 g/mol. The van der Waals surface area contributed by atoms with Crippen LogP contribution in [0.1, 0.15) is 18.4 Å². The summed E-state index contributed by atoms with van der Waals surface area (Å²) in [7, 11) is 1.73. The molecule has 1 aromatic carbocycles. The fraction of sp³-hybridized carbons (Fsp3) is 0.412. The minimum atomic E-state index is 0. The second-order valence-electron chi connectivity index (χ2n) is 5.03. The molecule has 0 aliphatic heterocycles. The number of benzene rings is 1. The number of rotatable bonds is 7. The van der Waals surface area contributed by atoms with Gasteiger partial charge in [-0.05, 0) is 13.8 Å². The highest BCUT2D eigenvalue weighted by atomic mass is 127. The minimum absolute atomic E-state index is 0. The van der Waals surface area contributed by atoms with Gasteiger partial charge in [-0.15, -0.1) is 24.0 Å². The fourth-order valence-electron chi connectivity index (χ4n) is 2.01. The van der Waals surface area contributed by atoms with E-state index < -0.39 is 0 Å². The highest BCUT2D eigenvalue weighted by molar-refractivity contribution is 14.0. The van der Waals surface area contributed by atoms with E-state index in [0.29, 0.717) is 38.2 Å². The van der Waals surface area contributed by atoms with Crippen molar-refractivity contribution < 1.29 is 9.15 Å². The summed E-state index contributed by atoms with van der Waals surface area (Å²) in [6, 6.07) is 8.17. The van der Waals surface area contributed by atoms with Crippen LogP contribution in [0.3, 0.4) is 0 Å². The molecule has 7 heteroatoms. The molecule has 24 heavy (non-hydrogen) atoms. The van der Waals surface area contributed by atoms with E-state index in [9.17, 15) is 0 Å². The summed E-state index contributed by atoms with van der Waals surface area (Å²) in [5.74, 6) is 2.08. The van der Waals surface area contributed by atoms with E-state index in [2.05, 4.69) is 39.7 Å². The first kappa shape index (κ1) is 20.4. The van der Waals surface area contributed by atoms with E-state index in [1.165, 1.54) is 5.56 Å². The van der Waals surface area contributed by atoms with Crippen LogP contribution in [-0.2, 0) is 11.3 Å². The van der Waals surface area contributed by atoms with Gasteiger partial charge in [0.2, 0.25) is 5.89 Å². The molecule has 2 rings (SSSR count). The van der Waals surface area contributed by atoms with Crippen molar-refractivity contribution in [2.24, 2.45) is 4.99 Å². The van der Waals surface area contributed by atoms with Gasteiger partial charge in [0, 0.05) is 25.8 Å². The Morgan fingerprint density at radius 1 is 1.25 bits per heavy atom. The molecule has 2 N–H and O–H groups in total. The maximum Gasteiger partial charge on any atom is 0.214 e. The van der Waals surface area contributed by atoms with Crippen LogP contribution >= 0.6 is 24.0 Å². The zero-order valence-corrected chi connectivity index (χ0v) is 16.7. The van der Waals surface area contributed by atoms with Gasteiger partial charge in [0.1, 0.15) is 0 Å².